The maximum absolute atomic E-state index is 11.9. The van der Waals surface area contributed by atoms with Crippen LogP contribution in [0.15, 0.2) is 100 Å². The highest BCUT2D eigenvalue weighted by atomic mass is 32.1. The quantitative estimate of drug-likeness (QED) is 0.181. The molecular weight excluding hydrogens is 502 g/mol. The lowest BCUT2D eigenvalue weighted by atomic mass is 10.1. The summed E-state index contributed by atoms with van der Waals surface area (Å²) in [6.07, 6.45) is 1.75. The Hall–Kier alpha value is -5.09. The number of amides is 1. The highest BCUT2D eigenvalue weighted by Gasteiger charge is 2.18. The molecule has 6 rings (SSSR count). The van der Waals surface area contributed by atoms with Crippen LogP contribution in [-0.2, 0) is 4.79 Å². The van der Waals surface area contributed by atoms with E-state index in [4.69, 9.17) is 9.84 Å². The molecule has 1 N–H and O–H groups in total. The van der Waals surface area contributed by atoms with Crippen molar-refractivity contribution in [3.63, 3.8) is 0 Å². The van der Waals surface area contributed by atoms with E-state index >= 15 is 0 Å². The average Bonchev–Trinajstić information content (AvgIpc) is 3.33. The van der Waals surface area contributed by atoms with Crippen molar-refractivity contribution in [3.8, 4) is 17.0 Å². The normalized spacial score (nSPS) is 13.4. The number of para-hydroxylation sites is 2. The molecule has 1 aliphatic rings. The number of carbonyl (C=O) groups is 1. The molecule has 0 atom stereocenters. The van der Waals surface area contributed by atoms with E-state index in [1.165, 1.54) is 17.4 Å². The van der Waals surface area contributed by atoms with Crippen molar-refractivity contribution in [1.82, 2.24) is 4.68 Å². The Morgan fingerprint density at radius 1 is 1.03 bits per heavy atom. The summed E-state index contributed by atoms with van der Waals surface area (Å²) < 4.78 is 7.14. The second kappa shape index (κ2) is 9.75. The van der Waals surface area contributed by atoms with E-state index in [2.05, 4.69) is 10.3 Å². The molecule has 1 aromatic heterocycles. The molecule has 9 nitrogen and oxygen atoms in total. The molecule has 1 aliphatic heterocycles. The zero-order chi connectivity index (χ0) is 26.1. The Bertz CT molecular complexity index is 1820. The standard InChI is InChI=1S/C28H19N5O4S/c34-27-16-37-26-13-12-19(14-23(26)30-27)25-17-38-28(31-22-10-3-4-11-24(22)33(35)36)32(25)29-15-20-8-5-7-18-6-1-2-9-21(18)20/h1-15,17H,16H2,(H,30,34). The van der Waals surface area contributed by atoms with Crippen LogP contribution in [0, 0.1) is 10.1 Å². The summed E-state index contributed by atoms with van der Waals surface area (Å²) in [5.74, 6) is 0.355. The van der Waals surface area contributed by atoms with Crippen LogP contribution in [0.3, 0.4) is 0 Å². The second-order valence-electron chi connectivity index (χ2n) is 8.43. The molecule has 2 heterocycles. The SMILES string of the molecule is O=C1COc2ccc(-c3csc(=Nc4ccccc4[N+](=O)[O-])n3N=Cc3cccc4ccccc34)cc2N1. The number of fused-ring (bicyclic) bond motifs is 2. The van der Waals surface area contributed by atoms with Gasteiger partial charge < -0.3 is 10.1 Å². The van der Waals surface area contributed by atoms with Crippen molar-refractivity contribution in [2.24, 2.45) is 10.1 Å². The van der Waals surface area contributed by atoms with Gasteiger partial charge in [0.1, 0.15) is 11.4 Å². The number of rotatable bonds is 5. The Labute approximate surface area is 220 Å². The van der Waals surface area contributed by atoms with Gasteiger partial charge in [-0.05, 0) is 35.0 Å². The maximum atomic E-state index is 11.9. The van der Waals surface area contributed by atoms with Gasteiger partial charge in [-0.3, -0.25) is 14.9 Å². The molecule has 10 heteroatoms. The molecule has 0 spiro atoms. The van der Waals surface area contributed by atoms with E-state index in [0.29, 0.717) is 21.9 Å². The number of aromatic nitrogens is 1. The third kappa shape index (κ3) is 4.44. The molecule has 0 bridgehead atoms. The fourth-order valence-electron chi connectivity index (χ4n) is 4.23. The van der Waals surface area contributed by atoms with Crippen molar-refractivity contribution >= 4 is 51.3 Å². The number of nitrogens with zero attached hydrogens (tertiary/aromatic N) is 4. The van der Waals surface area contributed by atoms with Crippen molar-refractivity contribution in [2.45, 2.75) is 0 Å². The molecular formula is C28H19N5O4S. The fraction of sp³-hybridized carbons (Fsp3) is 0.0357. The highest BCUT2D eigenvalue weighted by molar-refractivity contribution is 7.07. The Kier molecular flexibility index (Phi) is 5.98. The number of hydrogen-bond acceptors (Lipinski definition) is 7. The molecule has 186 valence electrons. The van der Waals surface area contributed by atoms with Gasteiger partial charge in [0.25, 0.3) is 11.6 Å². The van der Waals surface area contributed by atoms with Gasteiger partial charge in [0.15, 0.2) is 6.61 Å². The number of hydrogen-bond donors (Lipinski definition) is 1. The minimum atomic E-state index is -0.455. The Morgan fingerprint density at radius 2 is 1.84 bits per heavy atom. The van der Waals surface area contributed by atoms with Gasteiger partial charge >= 0.3 is 0 Å². The van der Waals surface area contributed by atoms with Crippen LogP contribution in [0.2, 0.25) is 0 Å². The first-order valence-electron chi connectivity index (χ1n) is 11.6. The third-order valence-corrected chi connectivity index (χ3v) is 6.84. The van der Waals surface area contributed by atoms with E-state index in [-0.39, 0.29) is 23.9 Å². The smallest absolute Gasteiger partial charge is 0.294 e. The summed E-state index contributed by atoms with van der Waals surface area (Å²) in [4.78, 5) is 28.1. The lowest BCUT2D eigenvalue weighted by Gasteiger charge is -2.18. The predicted molar refractivity (Wildman–Crippen MR) is 147 cm³/mol. The number of benzene rings is 4. The molecule has 4 aromatic carbocycles. The number of anilines is 1. The predicted octanol–water partition coefficient (Wildman–Crippen LogP) is 5.72. The average molecular weight is 522 g/mol. The summed E-state index contributed by atoms with van der Waals surface area (Å²) >= 11 is 1.30. The van der Waals surface area contributed by atoms with Crippen molar-refractivity contribution in [2.75, 3.05) is 11.9 Å². The monoisotopic (exact) mass is 521 g/mol. The minimum Gasteiger partial charge on any atom is -0.482 e. The molecule has 1 amide bonds. The first kappa shape index (κ1) is 23.3. The maximum Gasteiger partial charge on any atom is 0.294 e. The van der Waals surface area contributed by atoms with Gasteiger partial charge in [-0.1, -0.05) is 54.6 Å². The van der Waals surface area contributed by atoms with Gasteiger partial charge in [0.05, 0.1) is 22.5 Å². The van der Waals surface area contributed by atoms with Crippen LogP contribution in [0.25, 0.3) is 22.0 Å². The van der Waals surface area contributed by atoms with E-state index in [1.807, 2.05) is 60.0 Å². The Balaban J connectivity index is 1.52. The van der Waals surface area contributed by atoms with Crippen LogP contribution in [0.1, 0.15) is 5.56 Å². The van der Waals surface area contributed by atoms with Crippen LogP contribution in [-0.4, -0.2) is 28.3 Å². The molecule has 0 saturated carbocycles. The van der Waals surface area contributed by atoms with E-state index in [0.717, 1.165) is 21.9 Å². The first-order valence-corrected chi connectivity index (χ1v) is 12.5. The zero-order valence-corrected chi connectivity index (χ0v) is 20.6. The van der Waals surface area contributed by atoms with E-state index in [1.54, 1.807) is 35.2 Å². The van der Waals surface area contributed by atoms with Crippen molar-refractivity contribution in [3.05, 3.63) is 111 Å². The summed E-state index contributed by atoms with van der Waals surface area (Å²) in [7, 11) is 0. The van der Waals surface area contributed by atoms with Gasteiger partial charge in [0.2, 0.25) is 4.80 Å². The number of nitrogens with one attached hydrogen (secondary N) is 1. The van der Waals surface area contributed by atoms with E-state index in [9.17, 15) is 14.9 Å². The number of ether oxygens (including phenoxy) is 1. The third-order valence-electron chi connectivity index (χ3n) is 6.02. The second-order valence-corrected chi connectivity index (χ2v) is 9.27. The fourth-order valence-corrected chi connectivity index (χ4v) is 5.08. The van der Waals surface area contributed by atoms with Gasteiger partial charge in [0, 0.05) is 22.6 Å². The van der Waals surface area contributed by atoms with E-state index < -0.39 is 4.92 Å². The molecule has 0 aliphatic carbocycles. The largest absolute Gasteiger partial charge is 0.482 e. The summed E-state index contributed by atoms with van der Waals surface area (Å²) in [6.45, 7) is -0.0288. The van der Waals surface area contributed by atoms with Crippen LogP contribution in [0.4, 0.5) is 17.1 Å². The molecule has 0 saturated heterocycles. The lowest BCUT2D eigenvalue weighted by molar-refractivity contribution is -0.384. The van der Waals surface area contributed by atoms with Crippen LogP contribution < -0.4 is 14.9 Å². The van der Waals surface area contributed by atoms with Gasteiger partial charge in [-0.2, -0.15) is 5.10 Å². The number of nitro benzene ring substituents is 1. The number of nitro groups is 1. The highest BCUT2D eigenvalue weighted by Crippen LogP contribution is 2.33. The number of thiazole rings is 1. The van der Waals surface area contributed by atoms with Gasteiger partial charge in [-0.25, -0.2) is 9.67 Å². The number of carbonyl (C=O) groups excluding carboxylic acids is 1. The van der Waals surface area contributed by atoms with Crippen molar-refractivity contribution < 1.29 is 14.5 Å². The lowest BCUT2D eigenvalue weighted by Crippen LogP contribution is -2.25. The topological polar surface area (TPSA) is 111 Å². The Morgan fingerprint density at radius 3 is 2.74 bits per heavy atom. The molecule has 5 aromatic rings. The molecule has 0 unspecified atom stereocenters. The summed E-state index contributed by atoms with van der Waals surface area (Å²) in [6, 6.07) is 25.8. The summed E-state index contributed by atoms with van der Waals surface area (Å²) in [5, 5.41) is 23.2. The first-order chi connectivity index (χ1) is 18.6. The van der Waals surface area contributed by atoms with Crippen LogP contribution >= 0.6 is 11.3 Å². The summed E-state index contributed by atoms with van der Waals surface area (Å²) in [5.41, 5.74) is 3.07. The zero-order valence-electron chi connectivity index (χ0n) is 19.8. The molecule has 38 heavy (non-hydrogen) atoms. The molecule has 0 radical (unpaired) electrons. The van der Waals surface area contributed by atoms with Crippen molar-refractivity contribution in [1.29, 1.82) is 0 Å². The van der Waals surface area contributed by atoms with Crippen LogP contribution in [0.5, 0.6) is 5.75 Å². The van der Waals surface area contributed by atoms with Gasteiger partial charge in [-0.15, -0.1) is 11.3 Å². The minimum absolute atomic E-state index is 0.0288. The molecule has 0 fully saturated rings.